The van der Waals surface area contributed by atoms with Crippen molar-refractivity contribution < 1.29 is 14.5 Å². The Bertz CT molecular complexity index is 479. The molecule has 0 spiro atoms. The molecule has 1 amide bonds. The summed E-state index contributed by atoms with van der Waals surface area (Å²) in [5.41, 5.74) is -0.926. The van der Waals surface area contributed by atoms with E-state index in [2.05, 4.69) is 27.7 Å². The monoisotopic (exact) mass is 293 g/mol. The lowest BCUT2D eigenvalue weighted by atomic mass is 9.64. The van der Waals surface area contributed by atoms with Crippen LogP contribution >= 0.6 is 0 Å². The highest BCUT2D eigenvalue weighted by Gasteiger charge is 2.73. The van der Waals surface area contributed by atoms with E-state index in [0.717, 1.165) is 45.6 Å². The summed E-state index contributed by atoms with van der Waals surface area (Å²) in [5.74, 6) is 0.571. The lowest BCUT2D eigenvalue weighted by Crippen LogP contribution is -3.14. The molecule has 3 fully saturated rings. The van der Waals surface area contributed by atoms with Crippen LogP contribution in [0.4, 0.5) is 0 Å². The van der Waals surface area contributed by atoms with Crippen LogP contribution < -0.4 is 4.90 Å². The average molecular weight is 293 g/mol. The number of ketones is 1. The molecule has 0 aromatic rings. The highest BCUT2D eigenvalue weighted by Crippen LogP contribution is 2.70. The van der Waals surface area contributed by atoms with Crippen LogP contribution in [0.15, 0.2) is 0 Å². The average Bonchev–Trinajstić information content (AvgIpc) is 2.77. The van der Waals surface area contributed by atoms with Crippen molar-refractivity contribution in [2.45, 2.75) is 47.0 Å². The number of quaternary nitrogens is 1. The van der Waals surface area contributed by atoms with Gasteiger partial charge in [-0.2, -0.15) is 0 Å². The van der Waals surface area contributed by atoms with Gasteiger partial charge < -0.3 is 9.80 Å². The van der Waals surface area contributed by atoms with Crippen molar-refractivity contribution in [2.75, 3.05) is 32.7 Å². The molecule has 4 heteroatoms. The standard InChI is InChI=1S/C17H28N2O2/c1-5-18-8-10-19(11-9-18)14(21)17-7-6-16(4,13(20)12-17)15(17,2)3/h5-12H2,1-4H3/p+1/t16-,17-/m0/s1. The van der Waals surface area contributed by atoms with Crippen LogP contribution in [0.2, 0.25) is 0 Å². The van der Waals surface area contributed by atoms with Gasteiger partial charge in [0, 0.05) is 11.8 Å². The summed E-state index contributed by atoms with van der Waals surface area (Å²) in [7, 11) is 0. The van der Waals surface area contributed by atoms with Crippen LogP contribution in [0.3, 0.4) is 0 Å². The Morgan fingerprint density at radius 3 is 2.24 bits per heavy atom. The summed E-state index contributed by atoms with van der Waals surface area (Å²) in [6, 6.07) is 0. The maximum atomic E-state index is 13.2. The van der Waals surface area contributed by atoms with Crippen molar-refractivity contribution in [3.63, 3.8) is 0 Å². The number of nitrogens with zero attached hydrogens (tertiary/aromatic N) is 1. The molecule has 3 rings (SSSR count). The van der Waals surface area contributed by atoms with Crippen LogP contribution in [0, 0.1) is 16.2 Å². The van der Waals surface area contributed by atoms with Crippen molar-refractivity contribution in [1.82, 2.24) is 4.90 Å². The molecule has 1 aliphatic heterocycles. The van der Waals surface area contributed by atoms with Gasteiger partial charge in [0.1, 0.15) is 5.78 Å². The number of carbonyl (C=O) groups is 2. The van der Waals surface area contributed by atoms with E-state index < -0.39 is 5.41 Å². The molecule has 2 saturated carbocycles. The number of hydrogen-bond acceptors (Lipinski definition) is 2. The summed E-state index contributed by atoms with van der Waals surface area (Å²) in [4.78, 5) is 29.4. The summed E-state index contributed by atoms with van der Waals surface area (Å²) >= 11 is 0. The van der Waals surface area contributed by atoms with Gasteiger partial charge in [0.25, 0.3) is 0 Å². The second-order valence-corrected chi connectivity index (χ2v) is 8.03. The molecule has 0 unspecified atom stereocenters. The number of nitrogens with one attached hydrogen (secondary N) is 1. The smallest absolute Gasteiger partial charge is 0.230 e. The SMILES string of the molecule is CC[NH+]1CCN(C(=O)[C@]23CC[C@@](C)(C(=O)C2)C3(C)C)CC1. The van der Waals surface area contributed by atoms with Crippen LogP contribution in [0.5, 0.6) is 0 Å². The Labute approximate surface area is 127 Å². The molecule has 1 heterocycles. The molecule has 2 aliphatic carbocycles. The number of amides is 1. The fourth-order valence-electron chi connectivity index (χ4n) is 5.02. The van der Waals surface area contributed by atoms with Gasteiger partial charge in [-0.3, -0.25) is 9.59 Å². The molecular weight excluding hydrogens is 264 g/mol. The molecule has 0 aromatic heterocycles. The molecule has 3 aliphatic rings. The Balaban J connectivity index is 1.84. The first-order valence-electron chi connectivity index (χ1n) is 8.45. The van der Waals surface area contributed by atoms with E-state index in [1.165, 1.54) is 0 Å². The predicted molar refractivity (Wildman–Crippen MR) is 81.0 cm³/mol. The maximum Gasteiger partial charge on any atom is 0.230 e. The lowest BCUT2D eigenvalue weighted by Gasteiger charge is -2.43. The fourth-order valence-corrected chi connectivity index (χ4v) is 5.02. The molecule has 21 heavy (non-hydrogen) atoms. The minimum Gasteiger partial charge on any atom is -0.332 e. The number of Topliss-reactive ketones (excluding diaryl/α,β-unsaturated/α-hetero) is 1. The van der Waals surface area contributed by atoms with Gasteiger partial charge in [-0.25, -0.2) is 0 Å². The van der Waals surface area contributed by atoms with Crippen LogP contribution in [0.25, 0.3) is 0 Å². The van der Waals surface area contributed by atoms with E-state index >= 15 is 0 Å². The molecule has 1 saturated heterocycles. The molecule has 2 atom stereocenters. The van der Waals surface area contributed by atoms with Gasteiger partial charge >= 0.3 is 0 Å². The van der Waals surface area contributed by atoms with E-state index in [9.17, 15) is 9.59 Å². The molecule has 118 valence electrons. The topological polar surface area (TPSA) is 41.8 Å². The van der Waals surface area contributed by atoms with Gasteiger partial charge in [-0.15, -0.1) is 0 Å². The second kappa shape index (κ2) is 4.55. The number of rotatable bonds is 2. The van der Waals surface area contributed by atoms with E-state index in [-0.39, 0.29) is 16.7 Å². The zero-order valence-corrected chi connectivity index (χ0v) is 13.9. The number of hydrogen-bond donors (Lipinski definition) is 1. The first-order chi connectivity index (χ1) is 9.78. The normalized spacial score (nSPS) is 39.0. The Morgan fingerprint density at radius 1 is 1.19 bits per heavy atom. The van der Waals surface area contributed by atoms with Crippen molar-refractivity contribution >= 4 is 11.7 Å². The largest absolute Gasteiger partial charge is 0.332 e. The van der Waals surface area contributed by atoms with Gasteiger partial charge in [0.05, 0.1) is 38.1 Å². The molecule has 1 N–H and O–H groups in total. The molecule has 0 aromatic carbocycles. The second-order valence-electron chi connectivity index (χ2n) is 8.03. The highest BCUT2D eigenvalue weighted by molar-refractivity contribution is 5.99. The molecule has 0 radical (unpaired) electrons. The summed E-state index contributed by atoms with van der Waals surface area (Å²) in [6.45, 7) is 13.5. The van der Waals surface area contributed by atoms with Crippen LogP contribution in [0.1, 0.15) is 47.0 Å². The third-order valence-electron chi connectivity index (χ3n) is 7.37. The minimum absolute atomic E-state index is 0.205. The summed E-state index contributed by atoms with van der Waals surface area (Å²) in [6.07, 6.45) is 2.24. The third kappa shape index (κ3) is 1.71. The van der Waals surface area contributed by atoms with Gasteiger partial charge in [0.2, 0.25) is 5.91 Å². The van der Waals surface area contributed by atoms with Crippen molar-refractivity contribution in [3.8, 4) is 0 Å². The van der Waals surface area contributed by atoms with Gasteiger partial charge in [-0.1, -0.05) is 20.8 Å². The Morgan fingerprint density at radius 2 is 1.81 bits per heavy atom. The number of likely N-dealkylation sites (N-methyl/N-ethyl adjacent to an activating group) is 1. The lowest BCUT2D eigenvalue weighted by molar-refractivity contribution is -0.902. The van der Waals surface area contributed by atoms with E-state index in [1.807, 2.05) is 4.90 Å². The Hall–Kier alpha value is -0.900. The summed E-state index contributed by atoms with van der Waals surface area (Å²) in [5, 5.41) is 0. The third-order valence-corrected chi connectivity index (χ3v) is 7.37. The maximum absolute atomic E-state index is 13.2. The zero-order valence-electron chi connectivity index (χ0n) is 13.9. The number of piperazine rings is 1. The minimum atomic E-state index is -0.428. The van der Waals surface area contributed by atoms with E-state index in [0.29, 0.717) is 12.2 Å². The molecule has 2 bridgehead atoms. The first kappa shape index (κ1) is 15.0. The molecule has 4 nitrogen and oxygen atoms in total. The van der Waals surface area contributed by atoms with Crippen LogP contribution in [-0.2, 0) is 9.59 Å². The number of carbonyl (C=O) groups excluding carboxylic acids is 2. The highest BCUT2D eigenvalue weighted by atomic mass is 16.2. The summed E-state index contributed by atoms with van der Waals surface area (Å²) < 4.78 is 0. The quantitative estimate of drug-likeness (QED) is 0.806. The van der Waals surface area contributed by atoms with Crippen LogP contribution in [-0.4, -0.2) is 49.3 Å². The number of fused-ring (bicyclic) bond motifs is 2. The van der Waals surface area contributed by atoms with Crippen molar-refractivity contribution in [3.05, 3.63) is 0 Å². The van der Waals surface area contributed by atoms with Crippen molar-refractivity contribution in [2.24, 2.45) is 16.2 Å². The van der Waals surface area contributed by atoms with E-state index in [4.69, 9.17) is 0 Å². The van der Waals surface area contributed by atoms with Crippen molar-refractivity contribution in [1.29, 1.82) is 0 Å². The first-order valence-corrected chi connectivity index (χ1v) is 8.45. The Kier molecular flexibility index (Phi) is 3.25. The zero-order chi connectivity index (χ0) is 15.5. The van der Waals surface area contributed by atoms with Gasteiger partial charge in [-0.05, 0) is 25.2 Å². The van der Waals surface area contributed by atoms with E-state index in [1.54, 1.807) is 4.90 Å². The fraction of sp³-hybridized carbons (Fsp3) is 0.882. The molecular formula is C17H29N2O2+. The predicted octanol–water partition coefficient (Wildman–Crippen LogP) is 0.519. The van der Waals surface area contributed by atoms with Gasteiger partial charge in [0.15, 0.2) is 0 Å².